The van der Waals surface area contributed by atoms with Crippen LogP contribution in [0.4, 0.5) is 4.79 Å². The van der Waals surface area contributed by atoms with Crippen molar-refractivity contribution in [3.05, 3.63) is 0 Å². The molecule has 0 aromatic rings. The van der Waals surface area contributed by atoms with Gasteiger partial charge in [0, 0.05) is 12.6 Å². The van der Waals surface area contributed by atoms with Crippen molar-refractivity contribution in [2.24, 2.45) is 11.8 Å². The lowest BCUT2D eigenvalue weighted by molar-refractivity contribution is 0.0515. The molecule has 106 valence electrons. The average Bonchev–Trinajstić information content (AvgIpc) is 2.24. The molecule has 4 nitrogen and oxygen atoms in total. The number of hydrogen-bond acceptors (Lipinski definition) is 3. The zero-order valence-electron chi connectivity index (χ0n) is 12.4. The Morgan fingerprint density at radius 3 is 2.50 bits per heavy atom. The van der Waals surface area contributed by atoms with Gasteiger partial charge in [-0.1, -0.05) is 13.8 Å². The Hall–Kier alpha value is -0.770. The van der Waals surface area contributed by atoms with Crippen LogP contribution in [-0.4, -0.2) is 30.8 Å². The first kappa shape index (κ1) is 15.3. The monoisotopic (exact) mass is 256 g/mol. The van der Waals surface area contributed by atoms with E-state index in [0.717, 1.165) is 6.54 Å². The van der Waals surface area contributed by atoms with Gasteiger partial charge < -0.3 is 15.4 Å². The second-order valence-corrected chi connectivity index (χ2v) is 6.58. The van der Waals surface area contributed by atoms with Crippen molar-refractivity contribution >= 4 is 6.09 Å². The summed E-state index contributed by atoms with van der Waals surface area (Å²) < 4.78 is 5.22. The first-order valence-electron chi connectivity index (χ1n) is 6.98. The van der Waals surface area contributed by atoms with Crippen LogP contribution in [0.15, 0.2) is 0 Å². The lowest BCUT2D eigenvalue weighted by Gasteiger charge is -2.32. The summed E-state index contributed by atoms with van der Waals surface area (Å²) >= 11 is 0. The molecule has 0 spiro atoms. The standard InChI is InChI=1S/C14H28N2O2/c1-10(2)12-7-6-11(8-15-12)9-16-13(17)18-14(3,4)5/h10-12,15H,6-9H2,1-5H3,(H,16,17). The molecule has 1 heterocycles. The minimum Gasteiger partial charge on any atom is -0.444 e. The van der Waals surface area contributed by atoms with E-state index >= 15 is 0 Å². The Labute approximate surface area is 111 Å². The molecular weight excluding hydrogens is 228 g/mol. The van der Waals surface area contributed by atoms with E-state index in [4.69, 9.17) is 4.74 Å². The summed E-state index contributed by atoms with van der Waals surface area (Å²) in [7, 11) is 0. The van der Waals surface area contributed by atoms with Crippen LogP contribution < -0.4 is 10.6 Å². The third-order valence-electron chi connectivity index (χ3n) is 3.29. The predicted molar refractivity (Wildman–Crippen MR) is 73.6 cm³/mol. The zero-order chi connectivity index (χ0) is 13.8. The number of amides is 1. The first-order valence-corrected chi connectivity index (χ1v) is 6.98. The molecule has 1 aliphatic rings. The van der Waals surface area contributed by atoms with Crippen molar-refractivity contribution in [3.63, 3.8) is 0 Å². The van der Waals surface area contributed by atoms with Crippen LogP contribution >= 0.6 is 0 Å². The van der Waals surface area contributed by atoms with Gasteiger partial charge in [-0.15, -0.1) is 0 Å². The Balaban J connectivity index is 2.20. The van der Waals surface area contributed by atoms with Crippen LogP contribution in [0, 0.1) is 11.8 Å². The summed E-state index contributed by atoms with van der Waals surface area (Å²) in [4.78, 5) is 11.5. The second-order valence-electron chi connectivity index (χ2n) is 6.58. The van der Waals surface area contributed by atoms with Gasteiger partial charge in [-0.3, -0.25) is 0 Å². The topological polar surface area (TPSA) is 50.4 Å². The molecule has 2 N–H and O–H groups in total. The van der Waals surface area contributed by atoms with Gasteiger partial charge in [0.2, 0.25) is 0 Å². The maximum atomic E-state index is 11.5. The van der Waals surface area contributed by atoms with Gasteiger partial charge in [0.05, 0.1) is 0 Å². The SMILES string of the molecule is CC(C)C1CCC(CNC(=O)OC(C)(C)C)CN1. The van der Waals surface area contributed by atoms with Crippen molar-refractivity contribution in [1.82, 2.24) is 10.6 Å². The molecule has 0 radical (unpaired) electrons. The van der Waals surface area contributed by atoms with Crippen LogP contribution in [-0.2, 0) is 4.74 Å². The van der Waals surface area contributed by atoms with Crippen molar-refractivity contribution in [2.45, 2.75) is 59.1 Å². The number of alkyl carbamates (subject to hydrolysis) is 1. The van der Waals surface area contributed by atoms with Gasteiger partial charge in [-0.2, -0.15) is 0 Å². The van der Waals surface area contributed by atoms with Crippen molar-refractivity contribution in [1.29, 1.82) is 0 Å². The summed E-state index contributed by atoms with van der Waals surface area (Å²) in [5, 5.41) is 6.40. The van der Waals surface area contributed by atoms with Gasteiger partial charge >= 0.3 is 6.09 Å². The molecule has 2 atom stereocenters. The van der Waals surface area contributed by atoms with E-state index in [0.29, 0.717) is 24.4 Å². The minimum atomic E-state index is -0.419. The summed E-state index contributed by atoms with van der Waals surface area (Å²) in [6.45, 7) is 11.8. The van der Waals surface area contributed by atoms with E-state index in [9.17, 15) is 4.79 Å². The molecule has 1 fully saturated rings. The third-order valence-corrected chi connectivity index (χ3v) is 3.29. The third kappa shape index (κ3) is 5.71. The fourth-order valence-corrected chi connectivity index (χ4v) is 2.22. The molecule has 1 saturated heterocycles. The second kappa shape index (κ2) is 6.41. The number of carbonyl (C=O) groups is 1. The van der Waals surface area contributed by atoms with E-state index in [1.807, 2.05) is 20.8 Å². The Kier molecular flexibility index (Phi) is 5.45. The van der Waals surface area contributed by atoms with Crippen LogP contribution in [0.3, 0.4) is 0 Å². The summed E-state index contributed by atoms with van der Waals surface area (Å²) in [6, 6.07) is 0.628. The molecule has 0 aliphatic carbocycles. The fourth-order valence-electron chi connectivity index (χ4n) is 2.22. The van der Waals surface area contributed by atoms with Crippen LogP contribution in [0.1, 0.15) is 47.5 Å². The molecule has 1 amide bonds. The van der Waals surface area contributed by atoms with Gasteiger partial charge in [0.25, 0.3) is 0 Å². The maximum Gasteiger partial charge on any atom is 0.407 e. The number of hydrogen-bond donors (Lipinski definition) is 2. The molecule has 0 saturated carbocycles. The van der Waals surface area contributed by atoms with Crippen LogP contribution in [0.5, 0.6) is 0 Å². The van der Waals surface area contributed by atoms with E-state index in [1.165, 1.54) is 12.8 Å². The van der Waals surface area contributed by atoms with Gasteiger partial charge in [0.1, 0.15) is 5.60 Å². The lowest BCUT2D eigenvalue weighted by atomic mass is 9.89. The van der Waals surface area contributed by atoms with Gasteiger partial charge in [0.15, 0.2) is 0 Å². The molecule has 1 aliphatic heterocycles. The van der Waals surface area contributed by atoms with E-state index < -0.39 is 5.60 Å². The molecular formula is C14H28N2O2. The van der Waals surface area contributed by atoms with E-state index in [1.54, 1.807) is 0 Å². The highest BCUT2D eigenvalue weighted by Gasteiger charge is 2.23. The first-order chi connectivity index (χ1) is 8.28. The molecule has 1 rings (SSSR count). The highest BCUT2D eigenvalue weighted by molar-refractivity contribution is 5.67. The molecule has 0 aromatic carbocycles. The molecule has 18 heavy (non-hydrogen) atoms. The molecule has 0 bridgehead atoms. The van der Waals surface area contributed by atoms with E-state index in [-0.39, 0.29) is 6.09 Å². The van der Waals surface area contributed by atoms with Crippen LogP contribution in [0.25, 0.3) is 0 Å². The minimum absolute atomic E-state index is 0.312. The lowest BCUT2D eigenvalue weighted by Crippen LogP contribution is -2.45. The highest BCUT2D eigenvalue weighted by Crippen LogP contribution is 2.18. The Morgan fingerprint density at radius 2 is 2.06 bits per heavy atom. The van der Waals surface area contributed by atoms with Crippen molar-refractivity contribution in [3.8, 4) is 0 Å². The normalized spacial score (nSPS) is 25.0. The summed E-state index contributed by atoms with van der Waals surface area (Å²) in [5.74, 6) is 1.21. The Morgan fingerprint density at radius 1 is 1.39 bits per heavy atom. The van der Waals surface area contributed by atoms with Gasteiger partial charge in [-0.25, -0.2) is 4.79 Å². The molecule has 0 aromatic heterocycles. The number of rotatable bonds is 3. The number of carbonyl (C=O) groups excluding carboxylic acids is 1. The zero-order valence-corrected chi connectivity index (χ0v) is 12.4. The highest BCUT2D eigenvalue weighted by atomic mass is 16.6. The van der Waals surface area contributed by atoms with Crippen LogP contribution in [0.2, 0.25) is 0 Å². The number of nitrogens with one attached hydrogen (secondary N) is 2. The largest absolute Gasteiger partial charge is 0.444 e. The van der Waals surface area contributed by atoms with Crippen molar-refractivity contribution in [2.75, 3.05) is 13.1 Å². The van der Waals surface area contributed by atoms with Crippen molar-refractivity contribution < 1.29 is 9.53 Å². The molecule has 2 unspecified atom stereocenters. The number of piperidine rings is 1. The van der Waals surface area contributed by atoms with Gasteiger partial charge in [-0.05, 0) is 52.0 Å². The average molecular weight is 256 g/mol. The number of ether oxygens (including phenoxy) is 1. The predicted octanol–water partition coefficient (Wildman–Crippen LogP) is 2.54. The maximum absolute atomic E-state index is 11.5. The summed E-state index contributed by atoms with van der Waals surface area (Å²) in [6.07, 6.45) is 2.05. The molecule has 4 heteroatoms. The smallest absolute Gasteiger partial charge is 0.407 e. The quantitative estimate of drug-likeness (QED) is 0.816. The summed E-state index contributed by atoms with van der Waals surface area (Å²) in [5.41, 5.74) is -0.419. The van der Waals surface area contributed by atoms with E-state index in [2.05, 4.69) is 24.5 Å². The fraction of sp³-hybridized carbons (Fsp3) is 0.929. The Bertz CT molecular complexity index is 263.